The molecule has 2 heterocycles. The molecule has 0 aliphatic carbocycles. The molecule has 42 heavy (non-hydrogen) atoms. The number of methoxy groups -OCH3 is 1. The number of aryl methyl sites for hydroxylation is 1. The van der Waals surface area contributed by atoms with Gasteiger partial charge in [0.2, 0.25) is 0 Å². The predicted molar refractivity (Wildman–Crippen MR) is 164 cm³/mol. The summed E-state index contributed by atoms with van der Waals surface area (Å²) in [5.74, 6) is 2.28. The Labute approximate surface area is 245 Å². The SMILES string of the molecule is COc1ccc(CCCOC(=O)Nc2cn3c(c2C)C(Nc2ccc(Oc4ccccc4)cc2)=C(C#N)CN3C)cc1. The van der Waals surface area contributed by atoms with E-state index < -0.39 is 6.09 Å². The number of fused-ring (bicyclic) bond motifs is 1. The third kappa shape index (κ3) is 6.50. The molecule has 0 atom stereocenters. The molecule has 9 heteroatoms. The average Bonchev–Trinajstić information content (AvgIpc) is 3.34. The summed E-state index contributed by atoms with van der Waals surface area (Å²) in [6.07, 6.45) is 2.81. The molecule has 214 valence electrons. The van der Waals surface area contributed by atoms with Gasteiger partial charge in [-0.25, -0.2) is 4.79 Å². The van der Waals surface area contributed by atoms with E-state index in [4.69, 9.17) is 14.2 Å². The zero-order valence-electron chi connectivity index (χ0n) is 23.9. The van der Waals surface area contributed by atoms with Crippen LogP contribution >= 0.6 is 0 Å². The molecule has 3 aromatic carbocycles. The lowest BCUT2D eigenvalue weighted by atomic mass is 10.1. The second-order valence-corrected chi connectivity index (χ2v) is 9.92. The molecule has 1 amide bonds. The van der Waals surface area contributed by atoms with E-state index in [1.54, 1.807) is 7.11 Å². The molecule has 1 aliphatic heterocycles. The van der Waals surface area contributed by atoms with Gasteiger partial charge < -0.3 is 24.5 Å². The number of carbonyl (C=O) groups is 1. The van der Waals surface area contributed by atoms with Gasteiger partial charge in [0.1, 0.15) is 17.2 Å². The first-order valence-corrected chi connectivity index (χ1v) is 13.7. The van der Waals surface area contributed by atoms with E-state index in [2.05, 4.69) is 16.7 Å². The lowest BCUT2D eigenvalue weighted by Gasteiger charge is -2.30. The van der Waals surface area contributed by atoms with Gasteiger partial charge in [-0.3, -0.25) is 9.99 Å². The minimum absolute atomic E-state index is 0.291. The molecule has 4 aromatic rings. The molecule has 0 saturated heterocycles. The van der Waals surface area contributed by atoms with E-state index in [1.807, 2.05) is 109 Å². The molecular formula is C33H33N5O4. The van der Waals surface area contributed by atoms with E-state index in [-0.39, 0.29) is 0 Å². The van der Waals surface area contributed by atoms with Crippen LogP contribution in [-0.4, -0.2) is 38.1 Å². The molecule has 1 aromatic heterocycles. The molecule has 0 unspecified atom stereocenters. The van der Waals surface area contributed by atoms with Crippen LogP contribution in [0, 0.1) is 18.3 Å². The second kappa shape index (κ2) is 12.9. The molecule has 5 rings (SSSR count). The van der Waals surface area contributed by atoms with Crippen LogP contribution in [0.15, 0.2) is 90.6 Å². The number of hydrogen-bond acceptors (Lipinski definition) is 7. The fraction of sp³-hybridized carbons (Fsp3) is 0.212. The number of amides is 1. The Morgan fingerprint density at radius 1 is 0.976 bits per heavy atom. The third-order valence-electron chi connectivity index (χ3n) is 7.01. The fourth-order valence-corrected chi connectivity index (χ4v) is 4.79. The summed E-state index contributed by atoms with van der Waals surface area (Å²) in [6.45, 7) is 2.61. The highest BCUT2D eigenvalue weighted by Gasteiger charge is 2.27. The van der Waals surface area contributed by atoms with Crippen molar-refractivity contribution in [3.8, 4) is 23.3 Å². The van der Waals surface area contributed by atoms with E-state index in [0.29, 0.717) is 42.3 Å². The number of anilines is 2. The molecule has 0 bridgehead atoms. The number of rotatable bonds is 10. The van der Waals surface area contributed by atoms with Crippen LogP contribution in [0.3, 0.4) is 0 Å². The Balaban J connectivity index is 1.24. The number of nitriles is 1. The molecule has 0 spiro atoms. The van der Waals surface area contributed by atoms with E-state index in [0.717, 1.165) is 40.4 Å². The number of ether oxygens (including phenoxy) is 3. The molecule has 2 N–H and O–H groups in total. The third-order valence-corrected chi connectivity index (χ3v) is 7.01. The van der Waals surface area contributed by atoms with Gasteiger partial charge in [-0.2, -0.15) is 5.26 Å². The minimum Gasteiger partial charge on any atom is -0.497 e. The highest BCUT2D eigenvalue weighted by atomic mass is 16.5. The van der Waals surface area contributed by atoms with Gasteiger partial charge >= 0.3 is 6.09 Å². The van der Waals surface area contributed by atoms with Crippen molar-refractivity contribution in [3.63, 3.8) is 0 Å². The van der Waals surface area contributed by atoms with E-state index in [9.17, 15) is 10.1 Å². The molecule has 0 saturated carbocycles. The molecule has 1 aliphatic rings. The van der Waals surface area contributed by atoms with Gasteiger partial charge in [-0.05, 0) is 73.9 Å². The lowest BCUT2D eigenvalue weighted by Crippen LogP contribution is -2.37. The molecule has 9 nitrogen and oxygen atoms in total. The zero-order valence-corrected chi connectivity index (χ0v) is 23.9. The van der Waals surface area contributed by atoms with Crippen molar-refractivity contribution in [2.24, 2.45) is 0 Å². The minimum atomic E-state index is -0.522. The van der Waals surface area contributed by atoms with Crippen molar-refractivity contribution in [1.29, 1.82) is 5.26 Å². The lowest BCUT2D eigenvalue weighted by molar-refractivity contribution is 0.160. The van der Waals surface area contributed by atoms with Crippen LogP contribution in [-0.2, 0) is 11.2 Å². The number of para-hydroxylation sites is 1. The van der Waals surface area contributed by atoms with Crippen molar-refractivity contribution < 1.29 is 19.0 Å². The monoisotopic (exact) mass is 563 g/mol. The Hall–Kier alpha value is -5.36. The van der Waals surface area contributed by atoms with Gasteiger partial charge in [0, 0.05) is 18.3 Å². The number of nitrogens with one attached hydrogen (secondary N) is 2. The van der Waals surface area contributed by atoms with Crippen LogP contribution in [0.4, 0.5) is 16.2 Å². The maximum atomic E-state index is 12.6. The second-order valence-electron chi connectivity index (χ2n) is 9.92. The van der Waals surface area contributed by atoms with Gasteiger partial charge in [-0.15, -0.1) is 0 Å². The Morgan fingerprint density at radius 3 is 2.36 bits per heavy atom. The quantitative estimate of drug-likeness (QED) is 0.207. The van der Waals surface area contributed by atoms with Crippen LogP contribution in [0.5, 0.6) is 17.2 Å². The average molecular weight is 564 g/mol. The van der Waals surface area contributed by atoms with Crippen molar-refractivity contribution in [1.82, 2.24) is 4.68 Å². The topological polar surface area (TPSA) is 101 Å². The van der Waals surface area contributed by atoms with Gasteiger partial charge in [-0.1, -0.05) is 30.3 Å². The summed E-state index contributed by atoms with van der Waals surface area (Å²) in [5, 5.41) is 18.2. The van der Waals surface area contributed by atoms with Crippen molar-refractivity contribution in [2.45, 2.75) is 19.8 Å². The van der Waals surface area contributed by atoms with Crippen LogP contribution in [0.25, 0.3) is 5.70 Å². The highest BCUT2D eigenvalue weighted by molar-refractivity contribution is 5.90. The number of hydrogen-bond donors (Lipinski definition) is 2. The first-order valence-electron chi connectivity index (χ1n) is 13.7. The number of benzene rings is 3. The van der Waals surface area contributed by atoms with Gasteiger partial charge in [0.25, 0.3) is 0 Å². The Kier molecular flexibility index (Phi) is 8.64. The number of aromatic nitrogens is 1. The van der Waals surface area contributed by atoms with Crippen molar-refractivity contribution in [2.75, 3.05) is 43.0 Å². The zero-order chi connectivity index (χ0) is 29.5. The van der Waals surface area contributed by atoms with E-state index >= 15 is 0 Å². The summed E-state index contributed by atoms with van der Waals surface area (Å²) in [6, 6.07) is 27.3. The smallest absolute Gasteiger partial charge is 0.411 e. The highest BCUT2D eigenvalue weighted by Crippen LogP contribution is 2.34. The molecular weight excluding hydrogens is 530 g/mol. The fourth-order valence-electron chi connectivity index (χ4n) is 4.79. The van der Waals surface area contributed by atoms with Crippen molar-refractivity contribution in [3.05, 3.63) is 107 Å². The maximum Gasteiger partial charge on any atom is 0.411 e. The normalized spacial score (nSPS) is 12.3. The summed E-state index contributed by atoms with van der Waals surface area (Å²) < 4.78 is 18.5. The van der Waals surface area contributed by atoms with Crippen LogP contribution in [0.2, 0.25) is 0 Å². The number of likely N-dealkylation sites (N-methyl/N-ethyl adjacent to an activating group) is 1. The Morgan fingerprint density at radius 2 is 1.67 bits per heavy atom. The Bertz CT molecular complexity index is 1600. The maximum absolute atomic E-state index is 12.6. The number of nitrogens with zero attached hydrogens (tertiary/aromatic N) is 3. The molecule has 0 radical (unpaired) electrons. The summed E-state index contributed by atoms with van der Waals surface area (Å²) in [7, 11) is 3.54. The van der Waals surface area contributed by atoms with E-state index in [1.165, 1.54) is 0 Å². The van der Waals surface area contributed by atoms with Gasteiger partial charge in [0.05, 0.1) is 55.2 Å². The van der Waals surface area contributed by atoms with Crippen molar-refractivity contribution >= 4 is 23.2 Å². The van der Waals surface area contributed by atoms with Crippen LogP contribution in [0.1, 0.15) is 23.2 Å². The largest absolute Gasteiger partial charge is 0.497 e. The van der Waals surface area contributed by atoms with Gasteiger partial charge in [0.15, 0.2) is 0 Å². The first kappa shape index (κ1) is 28.2. The summed E-state index contributed by atoms with van der Waals surface area (Å²) >= 11 is 0. The number of carbonyl (C=O) groups excluding carboxylic acids is 1. The summed E-state index contributed by atoms with van der Waals surface area (Å²) in [5.41, 5.74) is 5.45. The standard InChI is InChI=1S/C33H33N5O4/c1-23-30(36-33(39)41-19-7-8-24-11-15-27(40-3)16-12-24)22-38-32(23)31(25(20-34)21-37(38)2)35-26-13-17-29(18-14-26)42-28-9-5-4-6-10-28/h4-6,9-18,22,35H,7-8,19,21H2,1-3H3,(H,36,39). The van der Waals surface area contributed by atoms with Crippen LogP contribution < -0.4 is 25.1 Å². The molecule has 0 fully saturated rings. The predicted octanol–water partition coefficient (Wildman–Crippen LogP) is 6.71. The summed E-state index contributed by atoms with van der Waals surface area (Å²) in [4.78, 5) is 12.6. The first-order chi connectivity index (χ1) is 20.4.